The molecule has 8 heteroatoms. The number of fused-ring (bicyclic) bond motifs is 1. The van der Waals surface area contributed by atoms with Gasteiger partial charge in [0, 0.05) is 38.2 Å². The second kappa shape index (κ2) is 10.1. The highest BCUT2D eigenvalue weighted by Crippen LogP contribution is 2.29. The lowest BCUT2D eigenvalue weighted by Crippen LogP contribution is -2.35. The maximum absolute atomic E-state index is 12.9. The number of benzene rings is 2. The Morgan fingerprint density at radius 1 is 1.00 bits per heavy atom. The molecule has 2 N–H and O–H groups in total. The molecular weight excluding hydrogens is 438 g/mol. The van der Waals surface area contributed by atoms with Crippen molar-refractivity contribution in [2.45, 2.75) is 62.4 Å². The van der Waals surface area contributed by atoms with Gasteiger partial charge in [-0.15, -0.1) is 0 Å². The molecule has 0 unspecified atom stereocenters. The molecule has 33 heavy (non-hydrogen) atoms. The standard InChI is InChI=1S/C25H31N3O4S/c1-26-25(30)20-8-6-18(7-9-20)17-28(22-11-12-22)24(29)14-15-27-33(31,32)23-13-10-19-4-2-3-5-21(19)16-23/h6-10,13,16,22,27H,2-5,11-12,14-15,17H2,1H3,(H,26,30). The highest BCUT2D eigenvalue weighted by atomic mass is 32.2. The predicted molar refractivity (Wildman–Crippen MR) is 126 cm³/mol. The van der Waals surface area contributed by atoms with Gasteiger partial charge in [0.2, 0.25) is 15.9 Å². The summed E-state index contributed by atoms with van der Waals surface area (Å²) >= 11 is 0. The monoisotopic (exact) mass is 469 g/mol. The van der Waals surface area contributed by atoms with Crippen LogP contribution in [0, 0.1) is 0 Å². The first-order valence-corrected chi connectivity index (χ1v) is 13.1. The molecule has 2 aromatic rings. The van der Waals surface area contributed by atoms with Crippen molar-refractivity contribution >= 4 is 21.8 Å². The van der Waals surface area contributed by atoms with Crippen LogP contribution in [0.15, 0.2) is 47.4 Å². The van der Waals surface area contributed by atoms with Gasteiger partial charge < -0.3 is 10.2 Å². The summed E-state index contributed by atoms with van der Waals surface area (Å²) in [7, 11) is -2.07. The van der Waals surface area contributed by atoms with Crippen LogP contribution < -0.4 is 10.0 Å². The van der Waals surface area contributed by atoms with Crippen LogP contribution in [-0.2, 0) is 34.2 Å². The van der Waals surface area contributed by atoms with Gasteiger partial charge in [-0.05, 0) is 79.5 Å². The van der Waals surface area contributed by atoms with E-state index in [1.165, 1.54) is 5.56 Å². The maximum atomic E-state index is 12.9. The van der Waals surface area contributed by atoms with E-state index in [9.17, 15) is 18.0 Å². The number of sulfonamides is 1. The molecule has 0 bridgehead atoms. The van der Waals surface area contributed by atoms with Crippen LogP contribution >= 0.6 is 0 Å². The van der Waals surface area contributed by atoms with E-state index < -0.39 is 10.0 Å². The van der Waals surface area contributed by atoms with E-state index in [-0.39, 0.29) is 35.7 Å². The molecule has 0 heterocycles. The second-order valence-electron chi connectivity index (χ2n) is 8.81. The van der Waals surface area contributed by atoms with Crippen molar-refractivity contribution in [1.29, 1.82) is 0 Å². The Labute approximate surface area is 195 Å². The minimum atomic E-state index is -3.65. The van der Waals surface area contributed by atoms with Crippen LogP contribution in [0.5, 0.6) is 0 Å². The van der Waals surface area contributed by atoms with E-state index in [2.05, 4.69) is 10.0 Å². The SMILES string of the molecule is CNC(=O)c1ccc(CN(C(=O)CCNS(=O)(=O)c2ccc3c(c2)CCCC3)C2CC2)cc1. The van der Waals surface area contributed by atoms with Gasteiger partial charge in [-0.25, -0.2) is 13.1 Å². The first kappa shape index (κ1) is 23.4. The summed E-state index contributed by atoms with van der Waals surface area (Å²) in [6, 6.07) is 12.8. The van der Waals surface area contributed by atoms with Gasteiger partial charge in [0.15, 0.2) is 0 Å². The summed E-state index contributed by atoms with van der Waals surface area (Å²) in [6.45, 7) is 0.520. The number of hydrogen-bond donors (Lipinski definition) is 2. The van der Waals surface area contributed by atoms with E-state index in [4.69, 9.17) is 0 Å². The van der Waals surface area contributed by atoms with Crippen molar-refractivity contribution in [2.24, 2.45) is 0 Å². The average Bonchev–Trinajstić information content (AvgIpc) is 3.67. The van der Waals surface area contributed by atoms with Crippen LogP contribution in [0.4, 0.5) is 0 Å². The molecule has 2 aliphatic carbocycles. The largest absolute Gasteiger partial charge is 0.355 e. The molecule has 0 saturated heterocycles. The fraction of sp³-hybridized carbons (Fsp3) is 0.440. The smallest absolute Gasteiger partial charge is 0.251 e. The fourth-order valence-corrected chi connectivity index (χ4v) is 5.39. The number of rotatable bonds is 9. The first-order chi connectivity index (χ1) is 15.9. The number of aryl methyl sites for hydroxylation is 2. The number of carbonyl (C=O) groups is 2. The highest BCUT2D eigenvalue weighted by Gasteiger charge is 2.32. The van der Waals surface area contributed by atoms with Crippen molar-refractivity contribution in [1.82, 2.24) is 14.9 Å². The summed E-state index contributed by atoms with van der Waals surface area (Å²) in [6.07, 6.45) is 6.18. The molecule has 176 valence electrons. The Kier molecular flexibility index (Phi) is 7.14. The van der Waals surface area contributed by atoms with Crippen molar-refractivity contribution in [3.8, 4) is 0 Å². The van der Waals surface area contributed by atoms with E-state index in [1.54, 1.807) is 31.3 Å². The van der Waals surface area contributed by atoms with E-state index in [1.807, 2.05) is 23.1 Å². The van der Waals surface area contributed by atoms with Gasteiger partial charge in [0.25, 0.3) is 5.91 Å². The molecule has 1 fully saturated rings. The third-order valence-corrected chi connectivity index (χ3v) is 7.82. The number of nitrogens with zero attached hydrogens (tertiary/aromatic N) is 1. The average molecular weight is 470 g/mol. The molecule has 2 aromatic carbocycles. The van der Waals surface area contributed by atoms with Gasteiger partial charge in [0.05, 0.1) is 4.90 Å². The van der Waals surface area contributed by atoms with Crippen LogP contribution in [0.3, 0.4) is 0 Å². The molecule has 1 saturated carbocycles. The van der Waals surface area contributed by atoms with Crippen LogP contribution in [0.25, 0.3) is 0 Å². The molecule has 2 amide bonds. The summed E-state index contributed by atoms with van der Waals surface area (Å²) in [5.41, 5.74) is 3.86. The maximum Gasteiger partial charge on any atom is 0.251 e. The summed E-state index contributed by atoms with van der Waals surface area (Å²) in [5.74, 6) is -0.219. The minimum Gasteiger partial charge on any atom is -0.355 e. The zero-order chi connectivity index (χ0) is 23.4. The van der Waals surface area contributed by atoms with Gasteiger partial charge in [-0.2, -0.15) is 0 Å². The zero-order valence-electron chi connectivity index (χ0n) is 19.0. The van der Waals surface area contributed by atoms with E-state index in [0.29, 0.717) is 12.1 Å². The van der Waals surface area contributed by atoms with Crippen molar-refractivity contribution in [3.63, 3.8) is 0 Å². The lowest BCUT2D eigenvalue weighted by molar-refractivity contribution is -0.132. The van der Waals surface area contributed by atoms with Crippen LogP contribution in [0.1, 0.15) is 59.2 Å². The fourth-order valence-electron chi connectivity index (χ4n) is 4.31. The summed E-state index contributed by atoms with van der Waals surface area (Å²) < 4.78 is 28.1. The second-order valence-corrected chi connectivity index (χ2v) is 10.6. The number of carbonyl (C=O) groups excluding carboxylic acids is 2. The molecule has 0 aliphatic heterocycles. The van der Waals surface area contributed by atoms with Gasteiger partial charge in [0.1, 0.15) is 0 Å². The Morgan fingerprint density at radius 2 is 1.70 bits per heavy atom. The van der Waals surface area contributed by atoms with Gasteiger partial charge >= 0.3 is 0 Å². The lowest BCUT2D eigenvalue weighted by Gasteiger charge is -2.23. The molecule has 2 aliphatic rings. The molecule has 7 nitrogen and oxygen atoms in total. The predicted octanol–water partition coefficient (Wildman–Crippen LogP) is 2.78. The van der Waals surface area contributed by atoms with Crippen LogP contribution in [0.2, 0.25) is 0 Å². The summed E-state index contributed by atoms with van der Waals surface area (Å²) in [4.78, 5) is 26.7. The Morgan fingerprint density at radius 3 is 2.36 bits per heavy atom. The first-order valence-electron chi connectivity index (χ1n) is 11.6. The molecule has 4 rings (SSSR count). The van der Waals surface area contributed by atoms with Crippen molar-refractivity contribution in [3.05, 3.63) is 64.7 Å². The van der Waals surface area contributed by atoms with Crippen LogP contribution in [-0.4, -0.2) is 44.8 Å². The molecular formula is C25H31N3O4S. The highest BCUT2D eigenvalue weighted by molar-refractivity contribution is 7.89. The number of hydrogen-bond acceptors (Lipinski definition) is 4. The topological polar surface area (TPSA) is 95.6 Å². The quantitative estimate of drug-likeness (QED) is 0.590. The zero-order valence-corrected chi connectivity index (χ0v) is 19.8. The third kappa shape index (κ3) is 5.81. The Hall–Kier alpha value is -2.71. The van der Waals surface area contributed by atoms with Crippen molar-refractivity contribution < 1.29 is 18.0 Å². The Balaban J connectivity index is 1.34. The summed E-state index contributed by atoms with van der Waals surface area (Å²) in [5, 5.41) is 2.59. The van der Waals surface area contributed by atoms with Gasteiger partial charge in [-0.1, -0.05) is 18.2 Å². The number of amides is 2. The normalized spacial score (nSPS) is 15.5. The number of nitrogens with one attached hydrogen (secondary N) is 2. The van der Waals surface area contributed by atoms with E-state index >= 15 is 0 Å². The van der Waals surface area contributed by atoms with Crippen molar-refractivity contribution in [2.75, 3.05) is 13.6 Å². The molecule has 0 radical (unpaired) electrons. The molecule has 0 atom stereocenters. The molecule has 0 aromatic heterocycles. The van der Waals surface area contributed by atoms with Gasteiger partial charge in [-0.3, -0.25) is 9.59 Å². The third-order valence-electron chi connectivity index (χ3n) is 6.37. The van der Waals surface area contributed by atoms with E-state index in [0.717, 1.165) is 49.7 Å². The lowest BCUT2D eigenvalue weighted by atomic mass is 9.92. The molecule has 0 spiro atoms. The minimum absolute atomic E-state index is 0.0665. The Bertz CT molecular complexity index is 1120.